The van der Waals surface area contributed by atoms with Crippen LogP contribution in [0.1, 0.15) is 5.56 Å². The molecule has 0 unspecified atom stereocenters. The zero-order valence-electron chi connectivity index (χ0n) is 18.2. The lowest BCUT2D eigenvalue weighted by Gasteiger charge is -2.32. The molecule has 0 aliphatic carbocycles. The number of anilines is 1. The highest BCUT2D eigenvalue weighted by Crippen LogP contribution is 2.40. The molecule has 0 saturated carbocycles. The van der Waals surface area contributed by atoms with Gasteiger partial charge in [-0.05, 0) is 69.0 Å². The van der Waals surface area contributed by atoms with Gasteiger partial charge >= 0.3 is 0 Å². The van der Waals surface area contributed by atoms with Crippen molar-refractivity contribution >= 4 is 15.7 Å². The van der Waals surface area contributed by atoms with Crippen LogP contribution >= 0.6 is 0 Å². The van der Waals surface area contributed by atoms with Crippen LogP contribution in [0.3, 0.4) is 0 Å². The standard InChI is InChI=1S/C24H26N2O5S/c1-26(2)17-15-21-23(29-3)14-13-22(24(21)30-16-17)25-32(27,28)20-11-9-19(10-12-20)31-18-7-5-4-6-8-18/h4-14,17,25H,15-16H2,1-3H3/t17-/m1/s1. The fraction of sp³-hybridized carbons (Fsp3) is 0.250. The van der Waals surface area contributed by atoms with E-state index in [-0.39, 0.29) is 10.9 Å². The molecule has 1 aliphatic rings. The molecule has 0 saturated heterocycles. The number of hydrogen-bond donors (Lipinski definition) is 1. The molecule has 0 fully saturated rings. The van der Waals surface area contributed by atoms with Crippen molar-refractivity contribution in [3.05, 3.63) is 72.3 Å². The maximum Gasteiger partial charge on any atom is 0.262 e. The summed E-state index contributed by atoms with van der Waals surface area (Å²) in [5, 5.41) is 0. The highest BCUT2D eigenvalue weighted by atomic mass is 32.2. The van der Waals surface area contributed by atoms with Crippen molar-refractivity contribution in [2.45, 2.75) is 17.4 Å². The summed E-state index contributed by atoms with van der Waals surface area (Å²) < 4.78 is 45.9. The van der Waals surface area contributed by atoms with E-state index in [9.17, 15) is 8.42 Å². The molecule has 3 aromatic carbocycles. The molecule has 0 amide bonds. The molecule has 0 aromatic heterocycles. The molecule has 0 bridgehead atoms. The quantitative estimate of drug-likeness (QED) is 0.578. The van der Waals surface area contributed by atoms with Crippen molar-refractivity contribution in [2.24, 2.45) is 0 Å². The van der Waals surface area contributed by atoms with Gasteiger partial charge in [-0.3, -0.25) is 4.72 Å². The van der Waals surface area contributed by atoms with Gasteiger partial charge in [0.15, 0.2) is 0 Å². The summed E-state index contributed by atoms with van der Waals surface area (Å²) in [5.74, 6) is 2.42. The Kier molecular flexibility index (Phi) is 6.25. The Morgan fingerprint density at radius 2 is 1.66 bits per heavy atom. The van der Waals surface area contributed by atoms with Gasteiger partial charge in [0, 0.05) is 11.6 Å². The Bertz CT molecular complexity index is 1180. The first-order valence-electron chi connectivity index (χ1n) is 10.2. The van der Waals surface area contributed by atoms with Crippen LogP contribution < -0.4 is 18.9 Å². The maximum absolute atomic E-state index is 13.0. The molecular formula is C24H26N2O5S. The van der Waals surface area contributed by atoms with Crippen molar-refractivity contribution in [3.8, 4) is 23.0 Å². The normalized spacial score (nSPS) is 15.6. The summed E-state index contributed by atoms with van der Waals surface area (Å²) >= 11 is 0. The molecule has 8 heteroatoms. The molecule has 0 radical (unpaired) electrons. The van der Waals surface area contributed by atoms with E-state index in [1.165, 1.54) is 12.1 Å². The van der Waals surface area contributed by atoms with E-state index in [2.05, 4.69) is 9.62 Å². The maximum atomic E-state index is 13.0. The fourth-order valence-electron chi connectivity index (χ4n) is 3.56. The van der Waals surface area contributed by atoms with Crippen LogP contribution in [0.5, 0.6) is 23.0 Å². The van der Waals surface area contributed by atoms with E-state index >= 15 is 0 Å². The minimum atomic E-state index is -3.82. The van der Waals surface area contributed by atoms with Gasteiger partial charge in [-0.1, -0.05) is 18.2 Å². The lowest BCUT2D eigenvalue weighted by atomic mass is 10.00. The van der Waals surface area contributed by atoms with Crippen LogP contribution in [-0.2, 0) is 16.4 Å². The first-order valence-corrected chi connectivity index (χ1v) is 11.7. The van der Waals surface area contributed by atoms with Gasteiger partial charge < -0.3 is 19.1 Å². The Morgan fingerprint density at radius 3 is 2.31 bits per heavy atom. The second-order valence-corrected chi connectivity index (χ2v) is 9.43. The summed E-state index contributed by atoms with van der Waals surface area (Å²) in [4.78, 5) is 2.21. The number of rotatable bonds is 7. The molecule has 7 nitrogen and oxygen atoms in total. The molecule has 1 N–H and O–H groups in total. The number of fused-ring (bicyclic) bond motifs is 1. The second-order valence-electron chi connectivity index (χ2n) is 7.75. The van der Waals surface area contributed by atoms with Crippen molar-refractivity contribution in [1.82, 2.24) is 4.90 Å². The number of nitrogens with zero attached hydrogens (tertiary/aromatic N) is 1. The smallest absolute Gasteiger partial charge is 0.262 e. The second kappa shape index (κ2) is 9.10. The lowest BCUT2D eigenvalue weighted by Crippen LogP contribution is -2.38. The van der Waals surface area contributed by atoms with Crippen molar-refractivity contribution in [3.63, 3.8) is 0 Å². The fourth-order valence-corrected chi connectivity index (χ4v) is 4.62. The van der Waals surface area contributed by atoms with Gasteiger partial charge in [0.2, 0.25) is 0 Å². The molecule has 4 rings (SSSR count). The third kappa shape index (κ3) is 4.66. The number of sulfonamides is 1. The first-order chi connectivity index (χ1) is 15.4. The van der Waals surface area contributed by atoms with E-state index in [0.29, 0.717) is 41.7 Å². The number of likely N-dealkylation sites (N-methyl/N-ethyl adjacent to an activating group) is 1. The van der Waals surface area contributed by atoms with Gasteiger partial charge in [-0.2, -0.15) is 0 Å². The topological polar surface area (TPSA) is 77.1 Å². The molecule has 0 spiro atoms. The lowest BCUT2D eigenvalue weighted by molar-refractivity contribution is 0.164. The van der Waals surface area contributed by atoms with Gasteiger partial charge in [0.25, 0.3) is 10.0 Å². The Hall–Kier alpha value is -3.23. The summed E-state index contributed by atoms with van der Waals surface area (Å²) in [6.07, 6.45) is 0.701. The Morgan fingerprint density at radius 1 is 0.969 bits per heavy atom. The average molecular weight is 455 g/mol. The first kappa shape index (κ1) is 22.0. The zero-order chi connectivity index (χ0) is 22.7. The highest BCUT2D eigenvalue weighted by molar-refractivity contribution is 7.92. The van der Waals surface area contributed by atoms with Crippen LogP contribution in [0.2, 0.25) is 0 Å². The SMILES string of the molecule is COc1ccc(NS(=O)(=O)c2ccc(Oc3ccccc3)cc2)c2c1C[C@@H](N(C)C)CO2. The summed E-state index contributed by atoms with van der Waals surface area (Å²) in [6.45, 7) is 0.466. The molecule has 3 aromatic rings. The molecule has 1 atom stereocenters. The van der Waals surface area contributed by atoms with Crippen LogP contribution in [0.25, 0.3) is 0 Å². The van der Waals surface area contributed by atoms with E-state index in [1.807, 2.05) is 44.4 Å². The van der Waals surface area contributed by atoms with Crippen molar-refractivity contribution in [1.29, 1.82) is 0 Å². The Balaban J connectivity index is 1.57. The minimum Gasteiger partial charge on any atom is -0.496 e. The summed E-state index contributed by atoms with van der Waals surface area (Å²) in [5.41, 5.74) is 1.24. The summed E-state index contributed by atoms with van der Waals surface area (Å²) in [7, 11) is 1.75. The van der Waals surface area contributed by atoms with Gasteiger partial charge in [0.05, 0.1) is 17.7 Å². The minimum absolute atomic E-state index is 0.129. The van der Waals surface area contributed by atoms with E-state index in [0.717, 1.165) is 5.56 Å². The predicted octanol–water partition coefficient (Wildman–Crippen LogP) is 4.15. The number of hydrogen-bond acceptors (Lipinski definition) is 6. The van der Waals surface area contributed by atoms with Crippen LogP contribution in [-0.4, -0.2) is 47.2 Å². The predicted molar refractivity (Wildman–Crippen MR) is 123 cm³/mol. The highest BCUT2D eigenvalue weighted by Gasteiger charge is 2.28. The van der Waals surface area contributed by atoms with Crippen molar-refractivity contribution in [2.75, 3.05) is 32.5 Å². The third-order valence-corrected chi connectivity index (χ3v) is 6.77. The molecule has 32 heavy (non-hydrogen) atoms. The van der Waals surface area contributed by atoms with Gasteiger partial charge in [-0.25, -0.2) is 8.42 Å². The van der Waals surface area contributed by atoms with Gasteiger partial charge in [-0.15, -0.1) is 0 Å². The molecule has 168 valence electrons. The Labute approximate surface area is 188 Å². The largest absolute Gasteiger partial charge is 0.496 e. The molecule has 1 heterocycles. The monoisotopic (exact) mass is 454 g/mol. The van der Waals surface area contributed by atoms with E-state index in [1.54, 1.807) is 31.4 Å². The van der Waals surface area contributed by atoms with E-state index in [4.69, 9.17) is 14.2 Å². The van der Waals surface area contributed by atoms with Crippen molar-refractivity contribution < 1.29 is 22.6 Å². The molecular weight excluding hydrogens is 428 g/mol. The van der Waals surface area contributed by atoms with Crippen LogP contribution in [0.15, 0.2) is 71.6 Å². The number of methoxy groups -OCH3 is 1. The average Bonchev–Trinajstić information content (AvgIpc) is 2.80. The number of nitrogens with one attached hydrogen (secondary N) is 1. The van der Waals surface area contributed by atoms with Crippen LogP contribution in [0.4, 0.5) is 5.69 Å². The third-order valence-electron chi connectivity index (χ3n) is 5.38. The van der Waals surface area contributed by atoms with Gasteiger partial charge in [0.1, 0.15) is 29.6 Å². The molecule has 1 aliphatic heterocycles. The summed E-state index contributed by atoms with van der Waals surface area (Å²) in [6, 6.07) is 19.2. The number of para-hydroxylation sites is 1. The van der Waals surface area contributed by atoms with E-state index < -0.39 is 10.0 Å². The zero-order valence-corrected chi connectivity index (χ0v) is 19.1. The van der Waals surface area contributed by atoms with Crippen LogP contribution in [0, 0.1) is 0 Å². The number of ether oxygens (including phenoxy) is 3. The number of benzene rings is 3.